The van der Waals surface area contributed by atoms with Crippen LogP contribution >= 0.6 is 0 Å². The van der Waals surface area contributed by atoms with Crippen molar-refractivity contribution in [2.45, 2.75) is 0 Å². The second kappa shape index (κ2) is 5.67. The molecule has 0 aliphatic carbocycles. The highest BCUT2D eigenvalue weighted by molar-refractivity contribution is 5.96. The topological polar surface area (TPSA) is 93.3 Å². The van der Waals surface area contributed by atoms with Crippen LogP contribution < -0.4 is 11.2 Å². The number of benzene rings is 1. The molecule has 0 saturated carbocycles. The van der Waals surface area contributed by atoms with Crippen molar-refractivity contribution >= 4 is 17.9 Å². The Bertz CT molecular complexity index is 629. The number of carbonyl (C=O) groups is 1. The first-order valence-electron chi connectivity index (χ1n) is 5.33. The molecule has 0 saturated heterocycles. The highest BCUT2D eigenvalue weighted by Crippen LogP contribution is 2.04. The van der Waals surface area contributed by atoms with E-state index in [9.17, 15) is 9.18 Å². The second-order valence-electron chi connectivity index (χ2n) is 3.51. The van der Waals surface area contributed by atoms with Crippen LogP contribution in [0.2, 0.25) is 0 Å². The summed E-state index contributed by atoms with van der Waals surface area (Å²) in [4.78, 5) is 19.1. The van der Waals surface area contributed by atoms with E-state index in [1.165, 1.54) is 30.7 Å². The SMILES string of the molecule is Nc1nccnc1C(=O)N/N=C\c1ccccc1F. The first-order chi connectivity index (χ1) is 9.18. The molecule has 1 amide bonds. The number of nitrogens with zero attached hydrogens (tertiary/aromatic N) is 3. The molecule has 0 aliphatic heterocycles. The van der Waals surface area contributed by atoms with Crippen LogP contribution in [0.5, 0.6) is 0 Å². The zero-order valence-electron chi connectivity index (χ0n) is 9.75. The number of nitrogens with two attached hydrogens (primary N) is 1. The third kappa shape index (κ3) is 3.09. The maximum absolute atomic E-state index is 13.3. The molecule has 19 heavy (non-hydrogen) atoms. The van der Waals surface area contributed by atoms with Gasteiger partial charge in [-0.15, -0.1) is 0 Å². The fourth-order valence-corrected chi connectivity index (χ4v) is 1.32. The number of halogens is 1. The molecule has 0 spiro atoms. The number of hydrogen-bond acceptors (Lipinski definition) is 5. The molecule has 2 aromatic rings. The van der Waals surface area contributed by atoms with Gasteiger partial charge in [0.2, 0.25) is 0 Å². The predicted molar refractivity (Wildman–Crippen MR) is 67.9 cm³/mol. The first-order valence-corrected chi connectivity index (χ1v) is 5.33. The summed E-state index contributed by atoms with van der Waals surface area (Å²) >= 11 is 0. The molecule has 6 nitrogen and oxygen atoms in total. The molecule has 0 radical (unpaired) electrons. The molecule has 3 N–H and O–H groups in total. The number of carbonyl (C=O) groups excluding carboxylic acids is 1. The summed E-state index contributed by atoms with van der Waals surface area (Å²) in [5, 5.41) is 3.63. The van der Waals surface area contributed by atoms with Crippen molar-refractivity contribution < 1.29 is 9.18 Å². The Balaban J connectivity index is 2.06. The van der Waals surface area contributed by atoms with E-state index in [0.29, 0.717) is 0 Å². The molecule has 7 heteroatoms. The molecule has 1 heterocycles. The lowest BCUT2D eigenvalue weighted by atomic mass is 10.2. The summed E-state index contributed by atoms with van der Waals surface area (Å²) < 4.78 is 13.3. The van der Waals surface area contributed by atoms with Crippen LogP contribution in [0, 0.1) is 5.82 Å². The van der Waals surface area contributed by atoms with Crippen molar-refractivity contribution in [2.24, 2.45) is 5.10 Å². The Morgan fingerprint density at radius 2 is 2.05 bits per heavy atom. The van der Waals surface area contributed by atoms with Crippen LogP contribution in [0.25, 0.3) is 0 Å². The largest absolute Gasteiger partial charge is 0.382 e. The number of hydrogen-bond donors (Lipinski definition) is 2. The Labute approximate surface area is 108 Å². The van der Waals surface area contributed by atoms with Gasteiger partial charge in [0.05, 0.1) is 6.21 Å². The van der Waals surface area contributed by atoms with Crippen molar-refractivity contribution in [3.05, 3.63) is 53.7 Å². The number of rotatable bonds is 3. The quantitative estimate of drug-likeness (QED) is 0.634. The summed E-state index contributed by atoms with van der Waals surface area (Å²) in [5.74, 6) is -1.04. The van der Waals surface area contributed by atoms with Gasteiger partial charge in [0, 0.05) is 18.0 Å². The van der Waals surface area contributed by atoms with Crippen molar-refractivity contribution in [1.29, 1.82) is 0 Å². The number of amides is 1. The highest BCUT2D eigenvalue weighted by atomic mass is 19.1. The summed E-state index contributed by atoms with van der Waals surface area (Å²) in [5.41, 5.74) is 7.90. The van der Waals surface area contributed by atoms with E-state index in [1.54, 1.807) is 12.1 Å². The molecule has 0 fully saturated rings. The van der Waals surface area contributed by atoms with E-state index in [2.05, 4.69) is 20.5 Å². The monoisotopic (exact) mass is 259 g/mol. The normalized spacial score (nSPS) is 10.6. The number of hydrazone groups is 1. The van der Waals surface area contributed by atoms with Gasteiger partial charge in [-0.1, -0.05) is 18.2 Å². The van der Waals surface area contributed by atoms with E-state index in [4.69, 9.17) is 5.73 Å². The van der Waals surface area contributed by atoms with Gasteiger partial charge < -0.3 is 5.73 Å². The third-order valence-corrected chi connectivity index (χ3v) is 2.22. The number of nitrogens with one attached hydrogen (secondary N) is 1. The minimum absolute atomic E-state index is 0.00101. The molecular formula is C12H10FN5O. The van der Waals surface area contributed by atoms with Crippen molar-refractivity contribution in [1.82, 2.24) is 15.4 Å². The summed E-state index contributed by atoms with van der Waals surface area (Å²) in [7, 11) is 0. The minimum Gasteiger partial charge on any atom is -0.382 e. The smallest absolute Gasteiger partial charge is 0.293 e. The molecule has 2 rings (SSSR count). The fraction of sp³-hybridized carbons (Fsp3) is 0. The maximum Gasteiger partial charge on any atom is 0.293 e. The van der Waals surface area contributed by atoms with Gasteiger partial charge in [-0.05, 0) is 6.07 Å². The van der Waals surface area contributed by atoms with Gasteiger partial charge in [0.1, 0.15) is 5.82 Å². The highest BCUT2D eigenvalue weighted by Gasteiger charge is 2.10. The lowest BCUT2D eigenvalue weighted by molar-refractivity contribution is 0.0951. The molecule has 1 aromatic heterocycles. The van der Waals surface area contributed by atoms with Crippen LogP contribution in [-0.2, 0) is 0 Å². The molecule has 1 aromatic carbocycles. The molecule has 96 valence electrons. The standard InChI is InChI=1S/C12H10FN5O/c13-9-4-2-1-3-8(9)7-17-18-12(19)10-11(14)16-6-5-15-10/h1-7H,(H2,14,16)(H,18,19)/b17-7-. The number of nitrogen functional groups attached to an aromatic ring is 1. The van der Waals surface area contributed by atoms with E-state index >= 15 is 0 Å². The Morgan fingerprint density at radius 3 is 2.79 bits per heavy atom. The first kappa shape index (κ1) is 12.6. The van der Waals surface area contributed by atoms with Crippen LogP contribution in [0.3, 0.4) is 0 Å². The molecule has 0 unspecified atom stereocenters. The van der Waals surface area contributed by atoms with Crippen LogP contribution in [-0.4, -0.2) is 22.1 Å². The van der Waals surface area contributed by atoms with Crippen LogP contribution in [0.4, 0.5) is 10.2 Å². The molecule has 0 atom stereocenters. The Morgan fingerprint density at radius 1 is 1.32 bits per heavy atom. The molecule has 0 aliphatic rings. The van der Waals surface area contributed by atoms with Crippen molar-refractivity contribution in [2.75, 3.05) is 5.73 Å². The average Bonchev–Trinajstić information content (AvgIpc) is 2.41. The minimum atomic E-state index is -0.613. The number of anilines is 1. The van der Waals surface area contributed by atoms with Crippen LogP contribution in [0.15, 0.2) is 41.8 Å². The molecular weight excluding hydrogens is 249 g/mol. The van der Waals surface area contributed by atoms with E-state index in [0.717, 1.165) is 0 Å². The van der Waals surface area contributed by atoms with Crippen molar-refractivity contribution in [3.8, 4) is 0 Å². The summed E-state index contributed by atoms with van der Waals surface area (Å²) in [6.07, 6.45) is 3.90. The van der Waals surface area contributed by atoms with Gasteiger partial charge in [0.15, 0.2) is 11.5 Å². The molecule has 0 bridgehead atoms. The lowest BCUT2D eigenvalue weighted by Gasteiger charge is -2.01. The zero-order valence-corrected chi connectivity index (χ0v) is 9.75. The number of aromatic nitrogens is 2. The van der Waals surface area contributed by atoms with Gasteiger partial charge in [-0.25, -0.2) is 19.8 Å². The van der Waals surface area contributed by atoms with Crippen LogP contribution in [0.1, 0.15) is 16.1 Å². The summed E-state index contributed by atoms with van der Waals surface area (Å²) in [6, 6.07) is 6.05. The maximum atomic E-state index is 13.3. The zero-order chi connectivity index (χ0) is 13.7. The lowest BCUT2D eigenvalue weighted by Crippen LogP contribution is -2.21. The average molecular weight is 259 g/mol. The predicted octanol–water partition coefficient (Wildman–Crippen LogP) is 0.962. The van der Waals surface area contributed by atoms with Crippen molar-refractivity contribution in [3.63, 3.8) is 0 Å². The third-order valence-electron chi connectivity index (χ3n) is 2.22. The fourth-order valence-electron chi connectivity index (χ4n) is 1.32. The van der Waals surface area contributed by atoms with Gasteiger partial charge in [-0.3, -0.25) is 4.79 Å². The van der Waals surface area contributed by atoms with Gasteiger partial charge >= 0.3 is 0 Å². The Kier molecular flexibility index (Phi) is 3.77. The van der Waals surface area contributed by atoms with E-state index < -0.39 is 11.7 Å². The van der Waals surface area contributed by atoms with Gasteiger partial charge in [-0.2, -0.15) is 5.10 Å². The summed E-state index contributed by atoms with van der Waals surface area (Å²) in [6.45, 7) is 0. The second-order valence-corrected chi connectivity index (χ2v) is 3.51. The Hall–Kier alpha value is -2.83. The van der Waals surface area contributed by atoms with Gasteiger partial charge in [0.25, 0.3) is 5.91 Å². The van der Waals surface area contributed by atoms with E-state index in [-0.39, 0.29) is 17.1 Å². The van der Waals surface area contributed by atoms with E-state index in [1.807, 2.05) is 0 Å².